The van der Waals surface area contributed by atoms with E-state index in [4.69, 9.17) is 0 Å². The Morgan fingerprint density at radius 2 is 1.85 bits per heavy atom. The molecule has 4 rings (SSSR count). The zero-order valence-corrected chi connectivity index (χ0v) is 20.5. The predicted molar refractivity (Wildman–Crippen MR) is 131 cm³/mol. The monoisotopic (exact) mass is 549 g/mol. The summed E-state index contributed by atoms with van der Waals surface area (Å²) in [6.45, 7) is 3.44. The minimum Gasteiger partial charge on any atom is -0.324 e. The Morgan fingerprint density at radius 1 is 1.18 bits per heavy atom. The Morgan fingerprint density at radius 3 is 2.50 bits per heavy atom. The van der Waals surface area contributed by atoms with Crippen LogP contribution >= 0.6 is 27.3 Å². The van der Waals surface area contributed by atoms with Gasteiger partial charge in [-0.2, -0.15) is 13.2 Å². The largest absolute Gasteiger partial charge is 0.418 e. The van der Waals surface area contributed by atoms with E-state index in [0.29, 0.717) is 16.6 Å². The lowest BCUT2D eigenvalue weighted by Crippen LogP contribution is -2.32. The standard InChI is InChI=1S/C24H19BrF3N3O2S/c1-3-18-19(14-8-10-15(25)11-9-14)20-22(34-18)29-12-31(23(20)33)13(2)21(32)30-17-7-5-4-6-16(17)24(26,27)28/h4-13H,3H2,1-2H3,(H,30,32). The number of nitrogens with zero attached hydrogens (tertiary/aromatic N) is 2. The lowest BCUT2D eigenvalue weighted by molar-refractivity contribution is -0.137. The lowest BCUT2D eigenvalue weighted by atomic mass is 10.0. The van der Waals surface area contributed by atoms with Gasteiger partial charge in [-0.3, -0.25) is 14.2 Å². The molecule has 1 unspecified atom stereocenters. The van der Waals surface area contributed by atoms with Gasteiger partial charge in [0.15, 0.2) is 0 Å². The zero-order chi connectivity index (χ0) is 24.6. The van der Waals surface area contributed by atoms with E-state index in [1.165, 1.54) is 42.8 Å². The molecule has 10 heteroatoms. The van der Waals surface area contributed by atoms with Crippen LogP contribution in [0.25, 0.3) is 21.3 Å². The number of halogens is 4. The van der Waals surface area contributed by atoms with Gasteiger partial charge in [-0.1, -0.05) is 47.1 Å². The molecule has 0 fully saturated rings. The molecular formula is C24H19BrF3N3O2S. The van der Waals surface area contributed by atoms with Crippen molar-refractivity contribution in [2.45, 2.75) is 32.5 Å². The number of benzene rings is 2. The van der Waals surface area contributed by atoms with Crippen LogP contribution in [0.15, 0.2) is 64.1 Å². The smallest absolute Gasteiger partial charge is 0.324 e. The van der Waals surface area contributed by atoms with E-state index < -0.39 is 29.2 Å². The fourth-order valence-electron chi connectivity index (χ4n) is 3.70. The van der Waals surface area contributed by atoms with Crippen LogP contribution in [0.3, 0.4) is 0 Å². The van der Waals surface area contributed by atoms with Crippen LogP contribution in [0.2, 0.25) is 0 Å². The van der Waals surface area contributed by atoms with E-state index in [0.717, 1.165) is 31.1 Å². The highest BCUT2D eigenvalue weighted by molar-refractivity contribution is 9.10. The van der Waals surface area contributed by atoms with Gasteiger partial charge < -0.3 is 5.32 Å². The first kappa shape index (κ1) is 24.2. The summed E-state index contributed by atoms with van der Waals surface area (Å²) >= 11 is 4.82. The van der Waals surface area contributed by atoms with Crippen LogP contribution in [0.1, 0.15) is 30.3 Å². The summed E-state index contributed by atoms with van der Waals surface area (Å²) in [4.78, 5) is 32.3. The van der Waals surface area contributed by atoms with Gasteiger partial charge in [0, 0.05) is 14.9 Å². The van der Waals surface area contributed by atoms with Crippen LogP contribution in [0.5, 0.6) is 0 Å². The zero-order valence-electron chi connectivity index (χ0n) is 18.1. The van der Waals surface area contributed by atoms with Gasteiger partial charge in [-0.05, 0) is 43.2 Å². The molecule has 0 saturated heterocycles. The fourth-order valence-corrected chi connectivity index (χ4v) is 5.06. The number of hydrogen-bond acceptors (Lipinski definition) is 4. The molecule has 34 heavy (non-hydrogen) atoms. The summed E-state index contributed by atoms with van der Waals surface area (Å²) in [6.07, 6.45) is -2.67. The van der Waals surface area contributed by atoms with Crippen molar-refractivity contribution in [3.63, 3.8) is 0 Å². The third-order valence-electron chi connectivity index (χ3n) is 5.45. The van der Waals surface area contributed by atoms with Crippen LogP contribution in [0, 0.1) is 0 Å². The van der Waals surface area contributed by atoms with E-state index in [1.807, 2.05) is 31.2 Å². The molecule has 0 aliphatic carbocycles. The number of carbonyl (C=O) groups is 1. The number of rotatable bonds is 5. The molecule has 2 aromatic heterocycles. The topological polar surface area (TPSA) is 64.0 Å². The number of anilines is 1. The van der Waals surface area contributed by atoms with Gasteiger partial charge in [0.05, 0.1) is 23.0 Å². The molecular weight excluding hydrogens is 531 g/mol. The molecule has 4 aromatic rings. The normalized spacial score (nSPS) is 12.6. The second-order valence-electron chi connectivity index (χ2n) is 7.61. The van der Waals surface area contributed by atoms with E-state index in [9.17, 15) is 22.8 Å². The minimum atomic E-state index is -4.63. The highest BCUT2D eigenvalue weighted by Gasteiger charge is 2.34. The highest BCUT2D eigenvalue weighted by atomic mass is 79.9. The van der Waals surface area contributed by atoms with Gasteiger partial charge in [0.2, 0.25) is 5.91 Å². The first-order valence-corrected chi connectivity index (χ1v) is 12.0. The highest BCUT2D eigenvalue weighted by Crippen LogP contribution is 2.37. The average Bonchev–Trinajstić information content (AvgIpc) is 3.18. The summed E-state index contributed by atoms with van der Waals surface area (Å²) in [7, 11) is 0. The average molecular weight is 550 g/mol. The molecule has 1 N–H and O–H groups in total. The van der Waals surface area contributed by atoms with E-state index in [1.54, 1.807) is 0 Å². The molecule has 0 aliphatic heterocycles. The first-order chi connectivity index (χ1) is 16.1. The quantitative estimate of drug-likeness (QED) is 0.302. The number of thiophene rings is 1. The maximum Gasteiger partial charge on any atom is 0.418 e. The molecule has 2 heterocycles. The second-order valence-corrected chi connectivity index (χ2v) is 9.61. The molecule has 176 valence electrons. The van der Waals surface area contributed by atoms with E-state index >= 15 is 0 Å². The maximum absolute atomic E-state index is 13.5. The van der Waals surface area contributed by atoms with Crippen molar-refractivity contribution in [2.24, 2.45) is 0 Å². The molecule has 5 nitrogen and oxygen atoms in total. The third-order valence-corrected chi connectivity index (χ3v) is 7.22. The number of alkyl halides is 3. The van der Waals surface area contributed by atoms with Gasteiger partial charge in [-0.25, -0.2) is 4.98 Å². The molecule has 1 atom stereocenters. The number of aromatic nitrogens is 2. The van der Waals surface area contributed by atoms with Crippen molar-refractivity contribution in [2.75, 3.05) is 5.32 Å². The van der Waals surface area contributed by atoms with Gasteiger partial charge >= 0.3 is 6.18 Å². The molecule has 0 saturated carbocycles. The summed E-state index contributed by atoms with van der Waals surface area (Å²) in [5, 5.41) is 2.70. The Kier molecular flexibility index (Phi) is 6.64. The molecule has 1 amide bonds. The molecule has 2 aromatic carbocycles. The van der Waals surface area contributed by atoms with Crippen LogP contribution in [0.4, 0.5) is 18.9 Å². The minimum absolute atomic E-state index is 0.367. The number of amides is 1. The van der Waals surface area contributed by atoms with Gasteiger partial charge in [0.1, 0.15) is 10.9 Å². The van der Waals surface area contributed by atoms with Gasteiger partial charge in [-0.15, -0.1) is 11.3 Å². The Hall–Kier alpha value is -2.98. The number of fused-ring (bicyclic) bond motifs is 1. The van der Waals surface area contributed by atoms with Crippen molar-refractivity contribution >= 4 is 49.1 Å². The van der Waals surface area contributed by atoms with Crippen LogP contribution in [-0.2, 0) is 17.4 Å². The van der Waals surface area contributed by atoms with Crippen molar-refractivity contribution in [1.29, 1.82) is 0 Å². The molecule has 0 spiro atoms. The van der Waals surface area contributed by atoms with E-state index in [2.05, 4.69) is 26.2 Å². The summed E-state index contributed by atoms with van der Waals surface area (Å²) in [5.41, 5.74) is -0.144. The fraction of sp³-hybridized carbons (Fsp3) is 0.208. The maximum atomic E-state index is 13.5. The van der Waals surface area contributed by atoms with Gasteiger partial charge in [0.25, 0.3) is 5.56 Å². The van der Waals surface area contributed by atoms with Crippen LogP contribution < -0.4 is 10.9 Å². The summed E-state index contributed by atoms with van der Waals surface area (Å²) in [5.74, 6) is -0.754. The molecule has 0 aliphatic rings. The van der Waals surface area contributed by atoms with Crippen molar-refractivity contribution in [3.8, 4) is 11.1 Å². The van der Waals surface area contributed by atoms with Crippen molar-refractivity contribution in [1.82, 2.24) is 9.55 Å². The third kappa shape index (κ3) is 4.52. The summed E-state index contributed by atoms with van der Waals surface area (Å²) in [6, 6.07) is 11.2. The Labute approximate surface area is 205 Å². The first-order valence-electron chi connectivity index (χ1n) is 10.4. The molecule has 0 bridgehead atoms. The number of aryl methyl sites for hydroxylation is 1. The Bertz CT molecular complexity index is 1430. The predicted octanol–water partition coefficient (Wildman–Crippen LogP) is 6.67. The number of nitrogens with one attached hydrogen (secondary N) is 1. The van der Waals surface area contributed by atoms with Crippen LogP contribution in [-0.4, -0.2) is 15.5 Å². The number of carbonyl (C=O) groups excluding carboxylic acids is 1. The number of hydrogen-bond donors (Lipinski definition) is 1. The SMILES string of the molecule is CCc1sc2ncn(C(C)C(=O)Nc3ccccc3C(F)(F)F)c(=O)c2c1-c1ccc(Br)cc1. The second kappa shape index (κ2) is 9.34. The lowest BCUT2D eigenvalue weighted by Gasteiger charge is -2.18. The molecule has 0 radical (unpaired) electrons. The van der Waals surface area contributed by atoms with Crippen molar-refractivity contribution < 1.29 is 18.0 Å². The Balaban J connectivity index is 1.76. The van der Waals surface area contributed by atoms with E-state index in [-0.39, 0.29) is 5.69 Å². The number of para-hydroxylation sites is 1. The summed E-state index contributed by atoms with van der Waals surface area (Å²) < 4.78 is 42.0. The van der Waals surface area contributed by atoms with Crippen molar-refractivity contribution in [3.05, 3.63) is 80.1 Å².